The van der Waals surface area contributed by atoms with E-state index in [0.717, 1.165) is 29.8 Å². The van der Waals surface area contributed by atoms with Crippen LogP contribution in [0.1, 0.15) is 73.1 Å². The highest BCUT2D eigenvalue weighted by Gasteiger charge is 2.59. The summed E-state index contributed by atoms with van der Waals surface area (Å²) in [5, 5.41) is 4.14. The van der Waals surface area contributed by atoms with Gasteiger partial charge in [0, 0.05) is 12.1 Å². The Hall–Kier alpha value is -0.0400. The van der Waals surface area contributed by atoms with Gasteiger partial charge in [-0.3, -0.25) is 0 Å². The van der Waals surface area contributed by atoms with E-state index < -0.39 is 0 Å². The van der Waals surface area contributed by atoms with Crippen molar-refractivity contribution in [2.75, 3.05) is 0 Å². The molecule has 3 aliphatic carbocycles. The van der Waals surface area contributed by atoms with E-state index in [9.17, 15) is 0 Å². The number of nitrogens with one attached hydrogen (secondary N) is 1. The summed E-state index contributed by atoms with van der Waals surface area (Å²) >= 11 is 0. The quantitative estimate of drug-likeness (QED) is 0.767. The zero-order valence-electron chi connectivity index (χ0n) is 13.6. The summed E-state index contributed by atoms with van der Waals surface area (Å²) in [6.45, 7) is 12.5. The van der Waals surface area contributed by atoms with E-state index in [1.54, 1.807) is 0 Å². The van der Waals surface area contributed by atoms with E-state index in [-0.39, 0.29) is 0 Å². The first-order chi connectivity index (χ1) is 8.81. The van der Waals surface area contributed by atoms with Crippen molar-refractivity contribution in [2.45, 2.75) is 85.2 Å². The zero-order chi connectivity index (χ0) is 13.8. The summed E-state index contributed by atoms with van der Waals surface area (Å²) in [6, 6.07) is 1.53. The molecule has 0 aromatic carbocycles. The highest BCUT2D eigenvalue weighted by molar-refractivity contribution is 5.12. The third-order valence-electron chi connectivity index (χ3n) is 6.85. The van der Waals surface area contributed by atoms with Crippen molar-refractivity contribution in [1.82, 2.24) is 5.32 Å². The molecule has 0 amide bonds. The summed E-state index contributed by atoms with van der Waals surface area (Å²) in [6.07, 6.45) is 8.63. The minimum atomic E-state index is 0.511. The maximum absolute atomic E-state index is 4.14. The van der Waals surface area contributed by atoms with Crippen LogP contribution in [0.25, 0.3) is 0 Å². The van der Waals surface area contributed by atoms with Crippen LogP contribution < -0.4 is 5.32 Å². The first kappa shape index (κ1) is 13.9. The fourth-order valence-electron chi connectivity index (χ4n) is 6.04. The number of rotatable bonds is 2. The average molecular weight is 263 g/mol. The van der Waals surface area contributed by atoms with E-state index in [4.69, 9.17) is 0 Å². The molecule has 5 atom stereocenters. The molecule has 0 radical (unpaired) electrons. The van der Waals surface area contributed by atoms with E-state index in [2.05, 4.69) is 39.9 Å². The molecular weight excluding hydrogens is 230 g/mol. The van der Waals surface area contributed by atoms with Gasteiger partial charge in [0.2, 0.25) is 0 Å². The Morgan fingerprint density at radius 1 is 0.947 bits per heavy atom. The molecule has 3 rings (SSSR count). The Morgan fingerprint density at radius 2 is 1.58 bits per heavy atom. The molecule has 3 aliphatic rings. The fourth-order valence-corrected chi connectivity index (χ4v) is 6.04. The zero-order valence-corrected chi connectivity index (χ0v) is 13.6. The second-order valence-corrected chi connectivity index (χ2v) is 9.13. The molecule has 5 unspecified atom stereocenters. The first-order valence-corrected chi connectivity index (χ1v) is 8.57. The Morgan fingerprint density at radius 3 is 2.11 bits per heavy atom. The highest BCUT2D eigenvalue weighted by atomic mass is 15.0. The monoisotopic (exact) mass is 263 g/mol. The first-order valence-electron chi connectivity index (χ1n) is 8.57. The second kappa shape index (κ2) is 4.48. The van der Waals surface area contributed by atoms with Gasteiger partial charge in [0.15, 0.2) is 0 Å². The summed E-state index contributed by atoms with van der Waals surface area (Å²) in [5.74, 6) is 2.79. The summed E-state index contributed by atoms with van der Waals surface area (Å²) in [4.78, 5) is 0. The molecule has 0 aromatic heterocycles. The van der Waals surface area contributed by atoms with Gasteiger partial charge in [-0.15, -0.1) is 0 Å². The molecule has 1 N–H and O–H groups in total. The average Bonchev–Trinajstić information content (AvgIpc) is 2.74. The van der Waals surface area contributed by atoms with Gasteiger partial charge in [0.1, 0.15) is 0 Å². The summed E-state index contributed by atoms with van der Waals surface area (Å²) in [5.41, 5.74) is 1.09. The number of fused-ring (bicyclic) bond motifs is 2. The van der Waals surface area contributed by atoms with Gasteiger partial charge in [-0.1, -0.05) is 34.6 Å². The van der Waals surface area contributed by atoms with E-state index in [0.29, 0.717) is 10.8 Å². The predicted molar refractivity (Wildman–Crippen MR) is 82.1 cm³/mol. The highest BCUT2D eigenvalue weighted by Crippen LogP contribution is 2.62. The van der Waals surface area contributed by atoms with E-state index in [1.807, 2.05) is 0 Å². The molecule has 110 valence electrons. The van der Waals surface area contributed by atoms with E-state index in [1.165, 1.54) is 38.5 Å². The largest absolute Gasteiger partial charge is 0.310 e. The van der Waals surface area contributed by atoms with Crippen molar-refractivity contribution in [3.63, 3.8) is 0 Å². The van der Waals surface area contributed by atoms with Crippen molar-refractivity contribution >= 4 is 0 Å². The fraction of sp³-hybridized carbons (Fsp3) is 1.00. The maximum Gasteiger partial charge on any atom is 0.0177 e. The van der Waals surface area contributed by atoms with Gasteiger partial charge >= 0.3 is 0 Å². The SMILES string of the molecule is CC1CC(C)CC(NC2C3(C)CCC(C3)C2(C)C)C1. The van der Waals surface area contributed by atoms with Gasteiger partial charge in [-0.2, -0.15) is 0 Å². The van der Waals surface area contributed by atoms with Crippen LogP contribution in [0, 0.1) is 28.6 Å². The third kappa shape index (κ3) is 2.26. The molecular formula is C18H33N. The van der Waals surface area contributed by atoms with Gasteiger partial charge < -0.3 is 5.32 Å². The normalized spacial score (nSPS) is 52.6. The van der Waals surface area contributed by atoms with Gasteiger partial charge in [-0.25, -0.2) is 0 Å². The standard InChI is InChI=1S/C18H33N/c1-12-8-13(2)10-15(9-12)19-16-17(3,4)14-6-7-18(16,5)11-14/h12-16,19H,6-11H2,1-5H3. The van der Waals surface area contributed by atoms with Crippen LogP contribution in [0.4, 0.5) is 0 Å². The lowest BCUT2D eigenvalue weighted by Crippen LogP contribution is -2.54. The minimum absolute atomic E-state index is 0.511. The van der Waals surface area contributed by atoms with Crippen LogP contribution >= 0.6 is 0 Å². The predicted octanol–water partition coefficient (Wildman–Crippen LogP) is 4.62. The maximum atomic E-state index is 4.14. The number of hydrogen-bond acceptors (Lipinski definition) is 1. The van der Waals surface area contributed by atoms with Crippen LogP contribution in [0.15, 0.2) is 0 Å². The van der Waals surface area contributed by atoms with Crippen LogP contribution in [-0.4, -0.2) is 12.1 Å². The lowest BCUT2D eigenvalue weighted by molar-refractivity contribution is 0.0828. The Kier molecular flexibility index (Phi) is 3.28. The molecule has 0 aromatic rings. The molecule has 3 saturated carbocycles. The third-order valence-corrected chi connectivity index (χ3v) is 6.85. The van der Waals surface area contributed by atoms with E-state index >= 15 is 0 Å². The van der Waals surface area contributed by atoms with Crippen LogP contribution in [-0.2, 0) is 0 Å². The van der Waals surface area contributed by atoms with Gasteiger partial charge in [0.05, 0.1) is 0 Å². The smallest absolute Gasteiger partial charge is 0.0177 e. The Bertz CT molecular complexity index is 333. The van der Waals surface area contributed by atoms with Gasteiger partial charge in [-0.05, 0) is 67.1 Å². The molecule has 1 heteroatoms. The molecule has 1 nitrogen and oxygen atoms in total. The van der Waals surface area contributed by atoms with Crippen molar-refractivity contribution in [3.8, 4) is 0 Å². The molecule has 0 spiro atoms. The molecule has 0 saturated heterocycles. The van der Waals surface area contributed by atoms with Crippen molar-refractivity contribution in [2.24, 2.45) is 28.6 Å². The van der Waals surface area contributed by atoms with Crippen molar-refractivity contribution in [3.05, 3.63) is 0 Å². The Labute approximate surface area is 119 Å². The molecule has 3 fully saturated rings. The van der Waals surface area contributed by atoms with Crippen molar-refractivity contribution < 1.29 is 0 Å². The molecule has 0 aliphatic heterocycles. The minimum Gasteiger partial charge on any atom is -0.310 e. The van der Waals surface area contributed by atoms with Gasteiger partial charge in [0.25, 0.3) is 0 Å². The Balaban J connectivity index is 1.72. The van der Waals surface area contributed by atoms with Crippen LogP contribution in [0.2, 0.25) is 0 Å². The number of hydrogen-bond donors (Lipinski definition) is 1. The summed E-state index contributed by atoms with van der Waals surface area (Å²) < 4.78 is 0. The lowest BCUT2D eigenvalue weighted by Gasteiger charge is -2.46. The molecule has 0 heterocycles. The van der Waals surface area contributed by atoms with Crippen LogP contribution in [0.3, 0.4) is 0 Å². The topological polar surface area (TPSA) is 12.0 Å². The summed E-state index contributed by atoms with van der Waals surface area (Å²) in [7, 11) is 0. The van der Waals surface area contributed by atoms with Crippen LogP contribution in [0.5, 0.6) is 0 Å². The second-order valence-electron chi connectivity index (χ2n) is 9.13. The molecule has 19 heavy (non-hydrogen) atoms. The lowest BCUT2D eigenvalue weighted by atomic mass is 9.67. The van der Waals surface area contributed by atoms with Crippen molar-refractivity contribution in [1.29, 1.82) is 0 Å². The molecule has 2 bridgehead atoms.